The number of benzene rings is 12. The van der Waals surface area contributed by atoms with Gasteiger partial charge in [0, 0.05) is 89.8 Å². The largest absolute Gasteiger partial charge is 0.344 e. The second-order valence-corrected chi connectivity index (χ2v) is 24.4. The Kier molecular flexibility index (Phi) is 14.9. The number of hydrogen-bond acceptors (Lipinski definition) is 5. The molecule has 0 aliphatic heterocycles. The maximum Gasteiger partial charge on any atom is 0.0490 e. The van der Waals surface area contributed by atoms with Crippen molar-refractivity contribution in [1.29, 1.82) is 0 Å². The quantitative estimate of drug-likeness (QED) is 0.108. The predicted octanol–water partition coefficient (Wildman–Crippen LogP) is 23.7. The molecule has 12 aromatic carbocycles. The van der Waals surface area contributed by atoms with Crippen molar-refractivity contribution in [3.63, 3.8) is 0 Å². The molecule has 4 nitrogen and oxygen atoms in total. The summed E-state index contributed by atoms with van der Waals surface area (Å²) in [4.78, 5) is 9.48. The molecule has 86 heavy (non-hydrogen) atoms. The minimum atomic E-state index is 1.10. The summed E-state index contributed by atoms with van der Waals surface area (Å²) < 4.78 is 2.56. The Morgan fingerprint density at radius 1 is 0.233 bits per heavy atom. The van der Waals surface area contributed by atoms with E-state index in [1.54, 1.807) is 0 Å². The van der Waals surface area contributed by atoms with Gasteiger partial charge in [-0.05, 0) is 226 Å². The number of nitrogens with zero attached hydrogens (tertiary/aromatic N) is 4. The van der Waals surface area contributed by atoms with Crippen molar-refractivity contribution in [2.75, 3.05) is 26.6 Å². The molecule has 1 heterocycles. The van der Waals surface area contributed by atoms with Crippen molar-refractivity contribution in [3.8, 4) is 33.4 Å². The smallest absolute Gasteiger partial charge is 0.0490 e. The highest BCUT2D eigenvalue weighted by Gasteiger charge is 2.21. The monoisotopic (exact) mass is 1130 g/mol. The molecule has 0 fully saturated rings. The van der Waals surface area contributed by atoms with Gasteiger partial charge in [-0.2, -0.15) is 0 Å². The lowest BCUT2D eigenvalue weighted by Crippen LogP contribution is -2.11. The van der Waals surface area contributed by atoms with E-state index in [0.29, 0.717) is 0 Å². The Morgan fingerprint density at radius 3 is 0.907 bits per heavy atom. The van der Waals surface area contributed by atoms with Gasteiger partial charge in [-0.1, -0.05) is 168 Å². The van der Waals surface area contributed by atoms with Crippen LogP contribution in [0.1, 0.15) is 44.5 Å². The van der Waals surface area contributed by atoms with Gasteiger partial charge < -0.3 is 19.6 Å². The number of fused-ring (bicyclic) bond motifs is 3. The van der Waals surface area contributed by atoms with Crippen LogP contribution in [0.15, 0.2) is 261 Å². The van der Waals surface area contributed by atoms with Gasteiger partial charge in [-0.25, -0.2) is 0 Å². The number of rotatable bonds is 14. The summed E-state index contributed by atoms with van der Waals surface area (Å²) in [7, 11) is 2.17. The van der Waals surface area contributed by atoms with Crippen molar-refractivity contribution in [2.24, 2.45) is 0 Å². The number of aryl methyl sites for hydroxylation is 8. The summed E-state index contributed by atoms with van der Waals surface area (Å²) in [5.41, 5.74) is 29.6. The second-order valence-electron chi connectivity index (χ2n) is 23.3. The van der Waals surface area contributed by atoms with Gasteiger partial charge in [-0.15, -0.1) is 11.3 Å². The highest BCUT2D eigenvalue weighted by Crippen LogP contribution is 2.45. The van der Waals surface area contributed by atoms with E-state index in [2.05, 4.69) is 343 Å². The molecule has 0 N–H and O–H groups in total. The first-order valence-electron chi connectivity index (χ1n) is 29.8. The summed E-state index contributed by atoms with van der Waals surface area (Å²) in [6, 6.07) is 96.5. The van der Waals surface area contributed by atoms with E-state index in [9.17, 15) is 0 Å². The molecule has 1 aromatic heterocycles. The van der Waals surface area contributed by atoms with E-state index in [0.717, 1.165) is 62.1 Å². The molecule has 0 aliphatic rings. The Bertz CT molecular complexity index is 4600. The first-order chi connectivity index (χ1) is 41.8. The summed E-state index contributed by atoms with van der Waals surface area (Å²) in [5, 5.41) is 2.54. The molecule has 0 saturated heterocycles. The van der Waals surface area contributed by atoms with Crippen LogP contribution < -0.4 is 19.6 Å². The van der Waals surface area contributed by atoms with Gasteiger partial charge in [-0.3, -0.25) is 0 Å². The molecule has 0 aliphatic carbocycles. The van der Waals surface area contributed by atoms with Crippen LogP contribution in [0.25, 0.3) is 53.6 Å². The van der Waals surface area contributed by atoms with Crippen LogP contribution in [-0.2, 0) is 0 Å². The van der Waals surface area contributed by atoms with Crippen LogP contribution in [0, 0.1) is 55.4 Å². The lowest BCUT2D eigenvalue weighted by Gasteiger charge is -2.28. The van der Waals surface area contributed by atoms with Crippen molar-refractivity contribution in [2.45, 2.75) is 55.4 Å². The minimum absolute atomic E-state index is 1.10. The van der Waals surface area contributed by atoms with Crippen LogP contribution in [0.5, 0.6) is 0 Å². The number of hydrogen-bond donors (Lipinski definition) is 0. The molecule has 0 spiro atoms. The van der Waals surface area contributed by atoms with Gasteiger partial charge in [0.15, 0.2) is 0 Å². The maximum absolute atomic E-state index is 2.42. The van der Waals surface area contributed by atoms with Crippen LogP contribution in [0.4, 0.5) is 62.6 Å². The van der Waals surface area contributed by atoms with E-state index in [4.69, 9.17) is 0 Å². The van der Waals surface area contributed by atoms with E-state index < -0.39 is 0 Å². The molecule has 5 heteroatoms. The average molecular weight is 1130 g/mol. The molecular weight excluding hydrogens is 1060 g/mol. The molecule has 0 saturated carbocycles. The molecule has 13 rings (SSSR count). The van der Waals surface area contributed by atoms with E-state index >= 15 is 0 Å². The number of anilines is 11. The average Bonchev–Trinajstić information content (AvgIpc) is 2.18. The second kappa shape index (κ2) is 23.3. The zero-order valence-electron chi connectivity index (χ0n) is 50.5. The highest BCUT2D eigenvalue weighted by atomic mass is 32.1. The first-order valence-corrected chi connectivity index (χ1v) is 30.6. The van der Waals surface area contributed by atoms with Gasteiger partial charge in [0.2, 0.25) is 0 Å². The third-order valence-corrected chi connectivity index (χ3v) is 18.1. The lowest BCUT2D eigenvalue weighted by molar-refractivity contribution is 1.18. The van der Waals surface area contributed by atoms with Gasteiger partial charge in [0.25, 0.3) is 0 Å². The first kappa shape index (κ1) is 55.3. The Balaban J connectivity index is 0.780. The van der Waals surface area contributed by atoms with Crippen LogP contribution in [-0.4, -0.2) is 7.05 Å². The molecule has 0 bridgehead atoms. The van der Waals surface area contributed by atoms with E-state index in [1.165, 1.54) is 98.6 Å². The standard InChI is InChI=1S/C81H70N4S/c1-53-15-42-76(57(5)47-53)82(9)72-39-41-74-75-51-73(40-46-80(75)86-81(74)52-72)85(79-45-18-56(4)50-60(79)8)71-37-27-66(28-38-71)65-25-35-70(36-26-65)84(78-44-17-55(3)49-59(78)7)69-33-23-64(24-34-69)63-21-31-68(32-22-63)83(77-43-16-54(2)48-58(77)6)67-29-19-62(20-30-67)61-13-11-10-12-14-61/h10-52H,1-9H3. The fourth-order valence-corrected chi connectivity index (χ4v) is 13.6. The topological polar surface area (TPSA) is 13.0 Å². The Morgan fingerprint density at radius 2 is 0.547 bits per heavy atom. The zero-order valence-corrected chi connectivity index (χ0v) is 51.3. The number of thiophene rings is 1. The fraction of sp³-hybridized carbons (Fsp3) is 0.111. The molecule has 0 radical (unpaired) electrons. The highest BCUT2D eigenvalue weighted by molar-refractivity contribution is 7.25. The normalized spacial score (nSPS) is 11.3. The zero-order chi connectivity index (χ0) is 59.2. The molecule has 0 amide bonds. The molecule has 420 valence electrons. The SMILES string of the molecule is Cc1ccc(N(C)c2ccc3c(c2)sc2ccc(N(c4ccc(-c5ccc(N(c6ccc(-c7ccc(N(c8ccc(-c9ccccc9)cc8)c8ccc(C)cc8C)cc7)cc6)c6ccc(C)cc6C)cc5)cc4)c4ccc(C)cc4C)cc23)c(C)c1. The molecule has 13 aromatic rings. The lowest BCUT2D eigenvalue weighted by atomic mass is 10.0. The van der Waals surface area contributed by atoms with Crippen molar-refractivity contribution < 1.29 is 0 Å². The van der Waals surface area contributed by atoms with E-state index in [1.807, 2.05) is 11.3 Å². The Hall–Kier alpha value is -9.94. The minimum Gasteiger partial charge on any atom is -0.344 e. The third kappa shape index (κ3) is 10.9. The summed E-state index contributed by atoms with van der Waals surface area (Å²) in [6.07, 6.45) is 0. The molecule has 0 atom stereocenters. The third-order valence-electron chi connectivity index (χ3n) is 17.0. The van der Waals surface area contributed by atoms with Gasteiger partial charge >= 0.3 is 0 Å². The van der Waals surface area contributed by atoms with Crippen molar-refractivity contribution >= 4 is 94.1 Å². The van der Waals surface area contributed by atoms with E-state index in [-0.39, 0.29) is 0 Å². The van der Waals surface area contributed by atoms with Crippen LogP contribution >= 0.6 is 11.3 Å². The molecular formula is C81H70N4S. The van der Waals surface area contributed by atoms with Crippen LogP contribution in [0.3, 0.4) is 0 Å². The molecule has 0 unspecified atom stereocenters. The van der Waals surface area contributed by atoms with Gasteiger partial charge in [0.05, 0.1) is 0 Å². The fourth-order valence-electron chi connectivity index (χ4n) is 12.5. The Labute approximate surface area is 511 Å². The summed E-state index contributed by atoms with van der Waals surface area (Å²) >= 11 is 1.86. The maximum atomic E-state index is 2.42. The predicted molar refractivity (Wildman–Crippen MR) is 372 cm³/mol. The van der Waals surface area contributed by atoms with Crippen LogP contribution in [0.2, 0.25) is 0 Å². The van der Waals surface area contributed by atoms with Crippen molar-refractivity contribution in [1.82, 2.24) is 0 Å². The summed E-state index contributed by atoms with van der Waals surface area (Å²) in [6.45, 7) is 17.5. The summed E-state index contributed by atoms with van der Waals surface area (Å²) in [5.74, 6) is 0. The van der Waals surface area contributed by atoms with Gasteiger partial charge in [0.1, 0.15) is 0 Å². The van der Waals surface area contributed by atoms with Crippen molar-refractivity contribution in [3.05, 3.63) is 305 Å².